The molecule has 0 bridgehead atoms. The van der Waals surface area contributed by atoms with Crippen LogP contribution in [0.15, 0.2) is 42.6 Å². The SMILES string of the molecule is CO[C@@H]1CCNC[C@@H](C(=O)N[C@H](C#N)Cc2ccc(-c3ccc4cnn(C)c4c3)cc2F)OC1. The molecule has 0 spiro atoms. The summed E-state index contributed by atoms with van der Waals surface area (Å²) in [5.74, 6) is -0.832. The van der Waals surface area contributed by atoms with Crippen LogP contribution in [0, 0.1) is 17.1 Å². The number of nitrogens with one attached hydrogen (secondary N) is 2. The number of fused-ring (bicyclic) bond motifs is 1. The Kier molecular flexibility index (Phi) is 7.53. The molecule has 3 aromatic rings. The van der Waals surface area contributed by atoms with Crippen LogP contribution >= 0.6 is 0 Å². The highest BCUT2D eigenvalue weighted by molar-refractivity contribution is 5.84. The van der Waals surface area contributed by atoms with E-state index in [1.54, 1.807) is 24.1 Å². The van der Waals surface area contributed by atoms with E-state index in [4.69, 9.17) is 9.47 Å². The van der Waals surface area contributed by atoms with Crippen LogP contribution in [0.2, 0.25) is 0 Å². The standard InChI is InChI=1S/C25H28FN5O3/c1-31-23-11-17(4-6-19(23)13-29-31)16-3-5-18(22(26)10-16)9-20(12-27)30-25(32)24-14-28-8-7-21(33-2)15-34-24/h3-6,10-11,13,20-21,24,28H,7-9,14-15H2,1-2H3,(H,30,32)/t20-,21+,24-/m0/s1. The van der Waals surface area contributed by atoms with Crippen LogP contribution in [0.25, 0.3) is 22.0 Å². The van der Waals surface area contributed by atoms with Gasteiger partial charge in [-0.2, -0.15) is 10.4 Å². The molecule has 2 heterocycles. The number of aryl methyl sites for hydroxylation is 1. The highest BCUT2D eigenvalue weighted by Crippen LogP contribution is 2.26. The molecule has 1 aromatic heterocycles. The van der Waals surface area contributed by atoms with Gasteiger partial charge in [0, 0.05) is 32.5 Å². The number of nitrogens with zero attached hydrogens (tertiary/aromatic N) is 3. The van der Waals surface area contributed by atoms with Gasteiger partial charge < -0.3 is 20.1 Å². The van der Waals surface area contributed by atoms with E-state index in [9.17, 15) is 14.4 Å². The van der Waals surface area contributed by atoms with E-state index in [2.05, 4.69) is 21.8 Å². The molecular formula is C25H28FN5O3. The number of hydrogen-bond donors (Lipinski definition) is 2. The number of methoxy groups -OCH3 is 1. The lowest BCUT2D eigenvalue weighted by molar-refractivity contribution is -0.136. The lowest BCUT2D eigenvalue weighted by atomic mass is 9.99. The maximum Gasteiger partial charge on any atom is 0.251 e. The summed E-state index contributed by atoms with van der Waals surface area (Å²) in [6, 6.07) is 11.9. The molecule has 0 aliphatic carbocycles. The summed E-state index contributed by atoms with van der Waals surface area (Å²) in [7, 11) is 3.47. The predicted molar refractivity (Wildman–Crippen MR) is 125 cm³/mol. The summed E-state index contributed by atoms with van der Waals surface area (Å²) in [6.07, 6.45) is 1.78. The predicted octanol–water partition coefficient (Wildman–Crippen LogP) is 2.32. The molecule has 8 nitrogen and oxygen atoms in total. The van der Waals surface area contributed by atoms with Crippen LogP contribution in [-0.2, 0) is 27.7 Å². The molecule has 2 aromatic carbocycles. The number of carbonyl (C=O) groups is 1. The van der Waals surface area contributed by atoms with Crippen molar-refractivity contribution in [3.8, 4) is 17.2 Å². The maximum absolute atomic E-state index is 15.0. The number of ether oxygens (including phenoxy) is 2. The molecule has 0 radical (unpaired) electrons. The van der Waals surface area contributed by atoms with Crippen LogP contribution in [0.4, 0.5) is 4.39 Å². The molecule has 4 rings (SSSR count). The molecule has 34 heavy (non-hydrogen) atoms. The van der Waals surface area contributed by atoms with Gasteiger partial charge in [-0.3, -0.25) is 9.48 Å². The van der Waals surface area contributed by atoms with E-state index in [1.165, 1.54) is 6.07 Å². The first-order valence-corrected chi connectivity index (χ1v) is 11.2. The van der Waals surface area contributed by atoms with Gasteiger partial charge in [0.2, 0.25) is 0 Å². The second kappa shape index (κ2) is 10.7. The van der Waals surface area contributed by atoms with Crippen LogP contribution in [0.1, 0.15) is 12.0 Å². The van der Waals surface area contributed by atoms with E-state index >= 15 is 0 Å². The fourth-order valence-corrected chi connectivity index (χ4v) is 4.05. The smallest absolute Gasteiger partial charge is 0.251 e. The molecule has 1 aliphatic heterocycles. The van der Waals surface area contributed by atoms with Gasteiger partial charge in [-0.1, -0.05) is 24.3 Å². The third-order valence-electron chi connectivity index (χ3n) is 6.11. The Hall–Kier alpha value is -3.32. The highest BCUT2D eigenvalue weighted by atomic mass is 19.1. The van der Waals surface area contributed by atoms with Gasteiger partial charge in [0.15, 0.2) is 0 Å². The minimum absolute atomic E-state index is 0.0516. The highest BCUT2D eigenvalue weighted by Gasteiger charge is 2.25. The van der Waals surface area contributed by atoms with Crippen molar-refractivity contribution in [3.63, 3.8) is 0 Å². The number of halogens is 1. The van der Waals surface area contributed by atoms with Gasteiger partial charge in [0.05, 0.1) is 30.5 Å². The molecular weight excluding hydrogens is 437 g/mol. The van der Waals surface area contributed by atoms with Crippen LogP contribution in [-0.4, -0.2) is 60.7 Å². The minimum Gasteiger partial charge on any atom is -0.379 e. The van der Waals surface area contributed by atoms with Crippen LogP contribution in [0.5, 0.6) is 0 Å². The first-order valence-electron chi connectivity index (χ1n) is 11.2. The lowest BCUT2D eigenvalue weighted by Gasteiger charge is -2.25. The Balaban J connectivity index is 1.43. The number of aromatic nitrogens is 2. The Morgan fingerprint density at radius 3 is 2.94 bits per heavy atom. The molecule has 1 aliphatic rings. The maximum atomic E-state index is 15.0. The topological polar surface area (TPSA) is 101 Å². The van der Waals surface area contributed by atoms with Crippen molar-refractivity contribution in [3.05, 3.63) is 54.0 Å². The molecule has 1 saturated heterocycles. The summed E-state index contributed by atoms with van der Waals surface area (Å²) in [5, 5.41) is 20.7. The Bertz CT molecular complexity index is 1200. The second-order valence-corrected chi connectivity index (χ2v) is 8.41. The number of nitriles is 1. The largest absolute Gasteiger partial charge is 0.379 e. The number of carbonyl (C=O) groups excluding carboxylic acids is 1. The van der Waals surface area contributed by atoms with Crippen molar-refractivity contribution >= 4 is 16.8 Å². The molecule has 9 heteroatoms. The summed E-state index contributed by atoms with van der Waals surface area (Å²) >= 11 is 0. The molecule has 1 fully saturated rings. The summed E-state index contributed by atoms with van der Waals surface area (Å²) in [5.41, 5.74) is 2.91. The zero-order valence-corrected chi connectivity index (χ0v) is 19.3. The average Bonchev–Trinajstić information content (AvgIpc) is 3.20. The van der Waals surface area contributed by atoms with E-state index in [0.717, 1.165) is 28.5 Å². The molecule has 178 valence electrons. The van der Waals surface area contributed by atoms with E-state index in [1.807, 2.05) is 31.3 Å². The van der Waals surface area contributed by atoms with Crippen LogP contribution in [0.3, 0.4) is 0 Å². The molecule has 2 N–H and O–H groups in total. The number of benzene rings is 2. The molecule has 0 unspecified atom stereocenters. The summed E-state index contributed by atoms with van der Waals surface area (Å²) < 4.78 is 27.7. The van der Waals surface area contributed by atoms with Crippen molar-refractivity contribution in [1.82, 2.24) is 20.4 Å². The first kappa shape index (κ1) is 23.8. The zero-order chi connectivity index (χ0) is 24.1. The lowest BCUT2D eigenvalue weighted by Crippen LogP contribution is -2.49. The monoisotopic (exact) mass is 465 g/mol. The van der Waals surface area contributed by atoms with Gasteiger partial charge in [-0.15, -0.1) is 0 Å². The third kappa shape index (κ3) is 5.42. The van der Waals surface area contributed by atoms with Crippen molar-refractivity contribution in [2.75, 3.05) is 26.8 Å². The van der Waals surface area contributed by atoms with Gasteiger partial charge in [0.25, 0.3) is 5.91 Å². The Labute approximate surface area is 197 Å². The minimum atomic E-state index is -0.883. The fourth-order valence-electron chi connectivity index (χ4n) is 4.05. The van der Waals surface area contributed by atoms with Crippen molar-refractivity contribution in [1.29, 1.82) is 5.26 Å². The Morgan fingerprint density at radius 1 is 1.38 bits per heavy atom. The van der Waals surface area contributed by atoms with Crippen molar-refractivity contribution in [2.24, 2.45) is 7.05 Å². The Morgan fingerprint density at radius 2 is 2.18 bits per heavy atom. The van der Waals surface area contributed by atoms with Gasteiger partial charge in [-0.25, -0.2) is 4.39 Å². The second-order valence-electron chi connectivity index (χ2n) is 8.41. The number of amides is 1. The molecule has 0 saturated carbocycles. The van der Waals surface area contributed by atoms with E-state index < -0.39 is 23.9 Å². The zero-order valence-electron chi connectivity index (χ0n) is 19.3. The number of rotatable bonds is 6. The summed E-state index contributed by atoms with van der Waals surface area (Å²) in [6.45, 7) is 1.34. The molecule has 3 atom stereocenters. The van der Waals surface area contributed by atoms with Crippen molar-refractivity contribution < 1.29 is 18.7 Å². The van der Waals surface area contributed by atoms with Gasteiger partial charge >= 0.3 is 0 Å². The fraction of sp³-hybridized carbons (Fsp3) is 0.400. The summed E-state index contributed by atoms with van der Waals surface area (Å²) in [4.78, 5) is 12.7. The average molecular weight is 466 g/mol. The van der Waals surface area contributed by atoms with Gasteiger partial charge in [-0.05, 0) is 41.8 Å². The van der Waals surface area contributed by atoms with Crippen molar-refractivity contribution in [2.45, 2.75) is 31.1 Å². The third-order valence-corrected chi connectivity index (χ3v) is 6.11. The van der Waals surface area contributed by atoms with Gasteiger partial charge in [0.1, 0.15) is 18.0 Å². The number of hydrogen-bond acceptors (Lipinski definition) is 6. The van der Waals surface area contributed by atoms with E-state index in [-0.39, 0.29) is 12.5 Å². The normalized spacial score (nSPS) is 19.7. The molecule has 1 amide bonds. The first-order chi connectivity index (χ1) is 16.5. The quantitative estimate of drug-likeness (QED) is 0.580. The van der Waals surface area contributed by atoms with Crippen LogP contribution < -0.4 is 10.6 Å². The van der Waals surface area contributed by atoms with E-state index in [0.29, 0.717) is 25.3 Å².